The van der Waals surface area contributed by atoms with Gasteiger partial charge in [0.25, 0.3) is 0 Å². The number of rotatable bonds is 36. The lowest BCUT2D eigenvalue weighted by Gasteiger charge is -2.31. The summed E-state index contributed by atoms with van der Waals surface area (Å²) in [5.41, 5.74) is -1.14. The van der Waals surface area contributed by atoms with E-state index in [1.165, 1.54) is 0 Å². The number of thioether (sulfide) groups is 3. The van der Waals surface area contributed by atoms with Crippen LogP contribution < -0.4 is 0 Å². The quantitative estimate of drug-likeness (QED) is 0.0327. The highest BCUT2D eigenvalue weighted by molar-refractivity contribution is 8.00. The molecule has 0 aromatic rings. The highest BCUT2D eigenvalue weighted by Gasteiger charge is 2.34. The molecule has 18 nitrogen and oxygen atoms in total. The third-order valence-corrected chi connectivity index (χ3v) is 11.3. The van der Waals surface area contributed by atoms with Gasteiger partial charge in [0.05, 0.1) is 41.9 Å². The van der Waals surface area contributed by atoms with Crippen LogP contribution in [0.2, 0.25) is 0 Å². The van der Waals surface area contributed by atoms with E-state index in [0.717, 1.165) is 41.4 Å². The Morgan fingerprint density at radius 2 is 0.692 bits per heavy atom. The van der Waals surface area contributed by atoms with E-state index in [2.05, 4.69) is 6.58 Å². The van der Waals surface area contributed by atoms with Crippen molar-refractivity contribution in [2.24, 2.45) is 16.2 Å². The Bertz CT molecular complexity index is 1430. The second kappa shape index (κ2) is 35.2. The van der Waals surface area contributed by atoms with Gasteiger partial charge >= 0.3 is 53.7 Å². The van der Waals surface area contributed by atoms with Gasteiger partial charge in [-0.2, -0.15) is 0 Å². The molecule has 0 bridgehead atoms. The number of hydrogen-bond acceptors (Lipinski definition) is 21. The van der Waals surface area contributed by atoms with Crippen molar-refractivity contribution in [1.82, 2.24) is 0 Å². The number of ether oxygens (including phenoxy) is 9. The standard InChI is InChI=1S/C44H70O18S3/c1-9-33(45)54-18-19-57-36(48)13-24-63-27-39(51)60-30-44(10-2,31-61-40(52)28-64-25-14-37(49)58-22-20-55-34(46)11-16-42(3,4)5)32-62-41(53)29-65-26-15-38(50)59-23-21-56-35(47)12-17-43(6,7)8/h9H,1,10-32H2,2-8H3. The van der Waals surface area contributed by atoms with Crippen molar-refractivity contribution in [3.8, 4) is 0 Å². The molecule has 0 aliphatic rings. The maximum atomic E-state index is 12.7. The van der Waals surface area contributed by atoms with Gasteiger partial charge in [-0.05, 0) is 30.1 Å². The molecule has 0 amide bonds. The van der Waals surface area contributed by atoms with E-state index < -0.39 is 47.2 Å². The lowest BCUT2D eigenvalue weighted by Crippen LogP contribution is -2.39. The van der Waals surface area contributed by atoms with Crippen LogP contribution in [0.3, 0.4) is 0 Å². The van der Waals surface area contributed by atoms with Gasteiger partial charge in [0.15, 0.2) is 0 Å². The summed E-state index contributed by atoms with van der Waals surface area (Å²) in [6.07, 6.45) is 3.11. The summed E-state index contributed by atoms with van der Waals surface area (Å²) in [7, 11) is 0. The Kier molecular flexibility index (Phi) is 33.1. The average Bonchev–Trinajstić information content (AvgIpc) is 3.25. The third kappa shape index (κ3) is 37.9. The monoisotopic (exact) mass is 982 g/mol. The molecular formula is C44H70O18S3. The van der Waals surface area contributed by atoms with Crippen LogP contribution in [-0.2, 0) is 85.8 Å². The number of carbonyl (C=O) groups excluding carboxylic acids is 9. The predicted molar refractivity (Wildman–Crippen MR) is 245 cm³/mol. The molecule has 0 aromatic heterocycles. The second-order valence-electron chi connectivity index (χ2n) is 16.8. The van der Waals surface area contributed by atoms with Gasteiger partial charge in [-0.25, -0.2) is 4.79 Å². The first-order valence-electron chi connectivity index (χ1n) is 21.4. The van der Waals surface area contributed by atoms with E-state index in [1.54, 1.807) is 6.92 Å². The smallest absolute Gasteiger partial charge is 0.330 e. The molecule has 0 spiro atoms. The van der Waals surface area contributed by atoms with Crippen molar-refractivity contribution in [2.75, 3.05) is 94.0 Å². The van der Waals surface area contributed by atoms with Gasteiger partial charge in [0.1, 0.15) is 59.5 Å². The number of hydrogen-bond donors (Lipinski definition) is 0. The fourth-order valence-electron chi connectivity index (χ4n) is 4.48. The number of esters is 9. The molecule has 0 fully saturated rings. The topological polar surface area (TPSA) is 237 Å². The SMILES string of the molecule is C=CC(=O)OCCOC(=O)CCSCC(=O)OCC(CC)(COC(=O)CSCCC(=O)OCCOC(=O)CCC(C)(C)C)COC(=O)CSCCC(=O)OCCOC(=O)CCC(C)(C)C. The molecule has 0 rings (SSSR count). The lowest BCUT2D eigenvalue weighted by molar-refractivity contribution is -0.159. The minimum atomic E-state index is -1.13. The molecule has 0 aliphatic heterocycles. The normalized spacial score (nSPS) is 11.4. The van der Waals surface area contributed by atoms with E-state index in [9.17, 15) is 43.2 Å². The number of carbonyl (C=O) groups is 9. The molecule has 0 unspecified atom stereocenters. The zero-order valence-corrected chi connectivity index (χ0v) is 41.6. The molecule has 0 aliphatic carbocycles. The van der Waals surface area contributed by atoms with E-state index in [0.29, 0.717) is 12.8 Å². The minimum Gasteiger partial charge on any atom is -0.464 e. The van der Waals surface area contributed by atoms with Crippen LogP contribution in [-0.4, -0.2) is 148 Å². The first kappa shape index (κ1) is 61.0. The molecular weight excluding hydrogens is 913 g/mol. The van der Waals surface area contributed by atoms with Crippen LogP contribution >= 0.6 is 35.3 Å². The van der Waals surface area contributed by atoms with Crippen molar-refractivity contribution < 1.29 is 85.8 Å². The summed E-state index contributed by atoms with van der Waals surface area (Å²) in [5, 5.41) is 0. The first-order valence-corrected chi connectivity index (χ1v) is 24.8. The fraction of sp³-hybridized carbons (Fsp3) is 0.750. The molecule has 0 aromatic carbocycles. The van der Waals surface area contributed by atoms with Gasteiger partial charge in [0.2, 0.25) is 0 Å². The largest absolute Gasteiger partial charge is 0.464 e. The second-order valence-corrected chi connectivity index (χ2v) is 20.2. The maximum absolute atomic E-state index is 12.7. The van der Waals surface area contributed by atoms with E-state index in [4.69, 9.17) is 42.6 Å². The molecule has 0 heterocycles. The molecule has 0 saturated heterocycles. The van der Waals surface area contributed by atoms with Crippen LogP contribution in [0.15, 0.2) is 12.7 Å². The van der Waals surface area contributed by atoms with Crippen molar-refractivity contribution in [2.45, 2.75) is 99.8 Å². The first-order chi connectivity index (χ1) is 30.6. The molecule has 65 heavy (non-hydrogen) atoms. The summed E-state index contributed by atoms with van der Waals surface area (Å²) >= 11 is 3.39. The summed E-state index contributed by atoms with van der Waals surface area (Å²) in [5.74, 6) is -4.45. The van der Waals surface area contributed by atoms with Gasteiger partial charge in [0, 0.05) is 36.2 Å². The van der Waals surface area contributed by atoms with Gasteiger partial charge in [-0.15, -0.1) is 35.3 Å². The Labute approximate surface area is 396 Å². The van der Waals surface area contributed by atoms with Crippen molar-refractivity contribution in [3.63, 3.8) is 0 Å². The summed E-state index contributed by atoms with van der Waals surface area (Å²) in [6, 6.07) is 0. The fourth-order valence-corrected chi connectivity index (χ4v) is 6.60. The lowest BCUT2D eigenvalue weighted by atomic mass is 9.88. The Balaban J connectivity index is 4.95. The van der Waals surface area contributed by atoms with Crippen LogP contribution in [0.25, 0.3) is 0 Å². The Hall–Kier alpha value is -3.98. The van der Waals surface area contributed by atoms with Gasteiger partial charge in [-0.3, -0.25) is 38.4 Å². The third-order valence-electron chi connectivity index (χ3n) is 8.51. The predicted octanol–water partition coefficient (Wildman–Crippen LogP) is 5.48. The molecule has 0 radical (unpaired) electrons. The summed E-state index contributed by atoms with van der Waals surface area (Å²) < 4.78 is 46.6. The highest BCUT2D eigenvalue weighted by atomic mass is 32.2. The van der Waals surface area contributed by atoms with E-state index in [-0.39, 0.29) is 155 Å². The molecule has 21 heteroatoms. The van der Waals surface area contributed by atoms with E-state index >= 15 is 0 Å². The zero-order valence-electron chi connectivity index (χ0n) is 39.1. The minimum absolute atomic E-state index is 0.00147. The van der Waals surface area contributed by atoms with Crippen LogP contribution in [0.5, 0.6) is 0 Å². The van der Waals surface area contributed by atoms with Gasteiger partial charge < -0.3 is 42.6 Å². The van der Waals surface area contributed by atoms with Crippen LogP contribution in [0.4, 0.5) is 0 Å². The Morgan fingerprint density at radius 3 is 0.954 bits per heavy atom. The van der Waals surface area contributed by atoms with Crippen LogP contribution in [0.1, 0.15) is 99.8 Å². The van der Waals surface area contributed by atoms with Crippen molar-refractivity contribution in [1.29, 1.82) is 0 Å². The molecule has 0 atom stereocenters. The maximum Gasteiger partial charge on any atom is 0.330 e. The van der Waals surface area contributed by atoms with Gasteiger partial charge in [-0.1, -0.05) is 55.0 Å². The summed E-state index contributed by atoms with van der Waals surface area (Å²) in [4.78, 5) is 109. The average molecular weight is 983 g/mol. The Morgan fingerprint density at radius 1 is 0.415 bits per heavy atom. The zero-order chi connectivity index (χ0) is 49.2. The molecule has 0 N–H and O–H groups in total. The van der Waals surface area contributed by atoms with Crippen molar-refractivity contribution in [3.05, 3.63) is 12.7 Å². The summed E-state index contributed by atoms with van der Waals surface area (Å²) in [6.45, 7) is 15.8. The van der Waals surface area contributed by atoms with Crippen LogP contribution in [0, 0.1) is 16.2 Å². The molecule has 0 saturated carbocycles. The van der Waals surface area contributed by atoms with E-state index in [1.807, 2.05) is 41.5 Å². The molecule has 372 valence electrons. The van der Waals surface area contributed by atoms with Crippen molar-refractivity contribution >= 4 is 89.0 Å². The highest BCUT2D eigenvalue weighted by Crippen LogP contribution is 2.26.